The van der Waals surface area contributed by atoms with Gasteiger partial charge in [-0.15, -0.1) is 0 Å². The molecule has 5 heteroatoms. The molecule has 0 bridgehead atoms. The second kappa shape index (κ2) is 8.62. The number of anilines is 2. The lowest BCUT2D eigenvalue weighted by atomic mass is 10.0. The molecule has 0 saturated carbocycles. The number of aromatic nitrogens is 2. The van der Waals surface area contributed by atoms with E-state index in [-0.39, 0.29) is 0 Å². The molecular formula is C23H19N5. The number of nitrogens with one attached hydrogen (secondary N) is 1. The molecule has 136 valence electrons. The van der Waals surface area contributed by atoms with Gasteiger partial charge in [-0.05, 0) is 72.5 Å². The van der Waals surface area contributed by atoms with Crippen molar-refractivity contribution in [2.45, 2.75) is 20.3 Å². The number of aryl methyl sites for hydroxylation is 2. The van der Waals surface area contributed by atoms with E-state index in [2.05, 4.69) is 21.4 Å². The Bertz CT molecular complexity index is 1080. The molecule has 2 aromatic carbocycles. The summed E-state index contributed by atoms with van der Waals surface area (Å²) >= 11 is 0. The predicted octanol–water partition coefficient (Wildman–Crippen LogP) is 4.84. The minimum atomic E-state index is 0.594. The largest absolute Gasteiger partial charge is 0.340 e. The number of nitrogens with zero attached hydrogens (tertiary/aromatic N) is 4. The molecule has 0 atom stereocenters. The monoisotopic (exact) mass is 365 g/mol. The van der Waals surface area contributed by atoms with E-state index in [1.165, 1.54) is 6.08 Å². The molecule has 0 aliphatic carbocycles. The smallest absolute Gasteiger partial charge is 0.135 e. The first kappa shape index (κ1) is 18.8. The van der Waals surface area contributed by atoms with Crippen molar-refractivity contribution in [2.24, 2.45) is 0 Å². The van der Waals surface area contributed by atoms with Gasteiger partial charge in [0.1, 0.15) is 11.6 Å². The van der Waals surface area contributed by atoms with Crippen LogP contribution >= 0.6 is 0 Å². The highest BCUT2D eigenvalue weighted by Gasteiger charge is 2.07. The van der Waals surface area contributed by atoms with Crippen LogP contribution in [0.2, 0.25) is 0 Å². The zero-order valence-electron chi connectivity index (χ0n) is 15.8. The summed E-state index contributed by atoms with van der Waals surface area (Å²) in [7, 11) is 0. The van der Waals surface area contributed by atoms with Crippen LogP contribution in [0.5, 0.6) is 0 Å². The van der Waals surface area contributed by atoms with Crippen molar-refractivity contribution in [1.29, 1.82) is 10.5 Å². The SMILES string of the molecule is Cc1cc(/C=C/C#N)cc(C)c1Nc1ccnc(Cc2ccc(C#N)cc2)n1. The third-order valence-corrected chi connectivity index (χ3v) is 4.31. The van der Waals surface area contributed by atoms with Crippen LogP contribution in [0.4, 0.5) is 11.5 Å². The topological polar surface area (TPSA) is 85.4 Å². The number of rotatable bonds is 5. The van der Waals surface area contributed by atoms with Crippen LogP contribution in [0.3, 0.4) is 0 Å². The lowest BCUT2D eigenvalue weighted by Crippen LogP contribution is -2.03. The van der Waals surface area contributed by atoms with Crippen LogP contribution in [0.15, 0.2) is 54.7 Å². The van der Waals surface area contributed by atoms with Crippen molar-refractivity contribution in [3.8, 4) is 12.1 Å². The molecule has 1 aromatic heterocycles. The van der Waals surface area contributed by atoms with Crippen LogP contribution in [-0.2, 0) is 6.42 Å². The Morgan fingerprint density at radius 2 is 1.75 bits per heavy atom. The van der Waals surface area contributed by atoms with Gasteiger partial charge in [-0.3, -0.25) is 0 Å². The van der Waals surface area contributed by atoms with E-state index in [9.17, 15) is 0 Å². The van der Waals surface area contributed by atoms with Crippen molar-refractivity contribution in [2.75, 3.05) is 5.32 Å². The van der Waals surface area contributed by atoms with E-state index >= 15 is 0 Å². The van der Waals surface area contributed by atoms with E-state index in [1.54, 1.807) is 24.4 Å². The molecule has 0 unspecified atom stereocenters. The first-order valence-corrected chi connectivity index (χ1v) is 8.84. The molecule has 0 aliphatic rings. The molecule has 1 N–H and O–H groups in total. The summed E-state index contributed by atoms with van der Waals surface area (Å²) in [5.41, 5.74) is 5.83. The Hall–Kier alpha value is -3.96. The summed E-state index contributed by atoms with van der Waals surface area (Å²) < 4.78 is 0. The van der Waals surface area contributed by atoms with Gasteiger partial charge in [0.25, 0.3) is 0 Å². The number of benzene rings is 2. The van der Waals surface area contributed by atoms with Crippen LogP contribution in [0.25, 0.3) is 6.08 Å². The van der Waals surface area contributed by atoms with Crippen molar-refractivity contribution in [1.82, 2.24) is 9.97 Å². The highest BCUT2D eigenvalue weighted by Crippen LogP contribution is 2.26. The van der Waals surface area contributed by atoms with Gasteiger partial charge in [-0.25, -0.2) is 9.97 Å². The summed E-state index contributed by atoms with van der Waals surface area (Å²) in [5.74, 6) is 1.43. The van der Waals surface area contributed by atoms with Gasteiger partial charge in [-0.2, -0.15) is 10.5 Å². The third kappa shape index (κ3) is 4.60. The van der Waals surface area contributed by atoms with Gasteiger partial charge >= 0.3 is 0 Å². The van der Waals surface area contributed by atoms with Gasteiger partial charge < -0.3 is 5.32 Å². The Morgan fingerprint density at radius 3 is 2.39 bits per heavy atom. The standard InChI is InChI=1S/C23H19N5/c1-16-12-20(4-3-10-24)13-17(2)23(16)28-21-9-11-26-22(27-21)14-18-5-7-19(15-25)8-6-18/h3-9,11-13H,14H2,1-2H3,(H,26,27,28)/b4-3+. The van der Waals surface area contributed by atoms with Crippen LogP contribution in [-0.4, -0.2) is 9.97 Å². The van der Waals surface area contributed by atoms with Crippen molar-refractivity contribution in [3.05, 3.63) is 88.4 Å². The quantitative estimate of drug-likeness (QED) is 0.654. The minimum Gasteiger partial charge on any atom is -0.340 e. The highest BCUT2D eigenvalue weighted by atomic mass is 15.0. The lowest BCUT2D eigenvalue weighted by Gasteiger charge is -2.14. The zero-order chi connectivity index (χ0) is 19.9. The Balaban J connectivity index is 1.80. The summed E-state index contributed by atoms with van der Waals surface area (Å²) in [5, 5.41) is 21.0. The number of hydrogen-bond acceptors (Lipinski definition) is 5. The van der Waals surface area contributed by atoms with E-state index in [0.29, 0.717) is 17.8 Å². The fourth-order valence-electron chi connectivity index (χ4n) is 2.99. The number of nitriles is 2. The second-order valence-corrected chi connectivity index (χ2v) is 6.46. The minimum absolute atomic E-state index is 0.594. The normalized spacial score (nSPS) is 10.4. The summed E-state index contributed by atoms with van der Waals surface area (Å²) in [6.45, 7) is 4.05. The van der Waals surface area contributed by atoms with Gasteiger partial charge in [-0.1, -0.05) is 12.1 Å². The van der Waals surface area contributed by atoms with E-state index in [1.807, 2.05) is 50.2 Å². The van der Waals surface area contributed by atoms with Crippen LogP contribution < -0.4 is 5.32 Å². The number of hydrogen-bond donors (Lipinski definition) is 1. The number of allylic oxidation sites excluding steroid dienone is 1. The first-order valence-electron chi connectivity index (χ1n) is 8.84. The fourth-order valence-corrected chi connectivity index (χ4v) is 2.99. The molecule has 0 aliphatic heterocycles. The predicted molar refractivity (Wildman–Crippen MR) is 110 cm³/mol. The maximum atomic E-state index is 8.90. The average Bonchev–Trinajstić information content (AvgIpc) is 2.70. The average molecular weight is 365 g/mol. The molecule has 1 heterocycles. The van der Waals surface area contributed by atoms with E-state index in [4.69, 9.17) is 10.5 Å². The highest BCUT2D eigenvalue weighted by molar-refractivity contribution is 5.68. The molecule has 0 fully saturated rings. The fraction of sp³-hybridized carbons (Fsp3) is 0.130. The molecule has 0 spiro atoms. The van der Waals surface area contributed by atoms with Gasteiger partial charge in [0.15, 0.2) is 0 Å². The van der Waals surface area contributed by atoms with Gasteiger partial charge in [0.05, 0.1) is 17.7 Å². The molecular weight excluding hydrogens is 346 g/mol. The maximum absolute atomic E-state index is 8.90. The van der Waals surface area contributed by atoms with Gasteiger partial charge in [0.2, 0.25) is 0 Å². The Morgan fingerprint density at radius 1 is 1.04 bits per heavy atom. The van der Waals surface area contributed by atoms with Crippen LogP contribution in [0.1, 0.15) is 33.6 Å². The Kier molecular flexibility index (Phi) is 5.79. The first-order chi connectivity index (χ1) is 13.6. The van der Waals surface area contributed by atoms with E-state index < -0.39 is 0 Å². The van der Waals surface area contributed by atoms with Gasteiger partial charge in [0, 0.05) is 24.4 Å². The molecule has 5 nitrogen and oxygen atoms in total. The summed E-state index contributed by atoms with van der Waals surface area (Å²) in [4.78, 5) is 8.97. The molecule has 0 radical (unpaired) electrons. The van der Waals surface area contributed by atoms with Crippen LogP contribution in [0, 0.1) is 36.5 Å². The lowest BCUT2D eigenvalue weighted by molar-refractivity contribution is 0.971. The second-order valence-electron chi connectivity index (χ2n) is 6.46. The molecule has 28 heavy (non-hydrogen) atoms. The Labute approximate surface area is 164 Å². The zero-order valence-corrected chi connectivity index (χ0v) is 15.8. The van der Waals surface area contributed by atoms with Crippen molar-refractivity contribution in [3.63, 3.8) is 0 Å². The third-order valence-electron chi connectivity index (χ3n) is 4.31. The van der Waals surface area contributed by atoms with Crippen molar-refractivity contribution >= 4 is 17.6 Å². The summed E-state index contributed by atoms with van der Waals surface area (Å²) in [6.07, 6.45) is 5.60. The molecule has 0 amide bonds. The van der Waals surface area contributed by atoms with E-state index in [0.717, 1.165) is 33.8 Å². The summed E-state index contributed by atoms with van der Waals surface area (Å²) in [6, 6.07) is 17.5. The molecule has 3 rings (SSSR count). The molecule has 0 saturated heterocycles. The van der Waals surface area contributed by atoms with Crippen molar-refractivity contribution < 1.29 is 0 Å². The molecule has 3 aromatic rings. The maximum Gasteiger partial charge on any atom is 0.135 e.